The summed E-state index contributed by atoms with van der Waals surface area (Å²) >= 11 is 5.04. The molecule has 0 atom stereocenters. The lowest BCUT2D eigenvalue weighted by Crippen LogP contribution is -1.76. The molecule has 1 nitrogen and oxygen atoms in total. The number of halogens is 1. The average molecular weight is 159 g/mol. The van der Waals surface area contributed by atoms with E-state index in [1.54, 1.807) is 6.08 Å². The van der Waals surface area contributed by atoms with Gasteiger partial charge in [-0.2, -0.15) is 0 Å². The third kappa shape index (κ3) is 7.44. The van der Waals surface area contributed by atoms with Gasteiger partial charge in [0, 0.05) is 0 Å². The molecule has 0 saturated heterocycles. The molecule has 0 aliphatic carbocycles. The van der Waals surface area contributed by atoms with Crippen LogP contribution in [-0.2, 0) is 4.79 Å². The van der Waals surface area contributed by atoms with E-state index in [4.69, 9.17) is 11.6 Å². The van der Waals surface area contributed by atoms with Crippen LogP contribution in [0.3, 0.4) is 0 Å². The molecule has 0 aliphatic heterocycles. The predicted molar refractivity (Wildman–Crippen MR) is 44.0 cm³/mol. The Kier molecular flexibility index (Phi) is 4.95. The Hall–Kier alpha value is -0.560. The van der Waals surface area contributed by atoms with Crippen molar-refractivity contribution >= 4 is 16.8 Å². The Labute approximate surface area is 66.4 Å². The van der Waals surface area contributed by atoms with E-state index in [0.717, 1.165) is 18.4 Å². The number of carbonyl (C=O) groups excluding carboxylic acids is 1. The first-order valence-corrected chi connectivity index (χ1v) is 3.51. The molecule has 0 spiro atoms. The molecule has 0 aromatic heterocycles. The van der Waals surface area contributed by atoms with Gasteiger partial charge in [0.25, 0.3) is 0 Å². The molecule has 0 rings (SSSR count). The highest BCUT2D eigenvalue weighted by atomic mass is 35.5. The average Bonchev–Trinajstić information content (AvgIpc) is 1.79. The molecule has 0 N–H and O–H groups in total. The Morgan fingerprint density at radius 2 is 2.30 bits per heavy atom. The molecule has 0 unspecified atom stereocenters. The van der Waals surface area contributed by atoms with Gasteiger partial charge in [-0.25, -0.2) is 0 Å². The molecule has 0 amide bonds. The van der Waals surface area contributed by atoms with Gasteiger partial charge in [-0.15, -0.1) is 6.58 Å². The van der Waals surface area contributed by atoms with Gasteiger partial charge in [-0.05, 0) is 37.4 Å². The first-order valence-electron chi connectivity index (χ1n) is 3.13. The van der Waals surface area contributed by atoms with E-state index in [-0.39, 0.29) is 0 Å². The van der Waals surface area contributed by atoms with Gasteiger partial charge < -0.3 is 0 Å². The summed E-state index contributed by atoms with van der Waals surface area (Å²) in [5.41, 5.74) is 1.12. The molecule has 10 heavy (non-hydrogen) atoms. The fourth-order valence-corrected chi connectivity index (χ4v) is 0.595. The van der Waals surface area contributed by atoms with Crippen LogP contribution < -0.4 is 0 Å². The summed E-state index contributed by atoms with van der Waals surface area (Å²) < 4.78 is 0. The highest BCUT2D eigenvalue weighted by molar-refractivity contribution is 6.66. The third-order valence-corrected chi connectivity index (χ3v) is 1.11. The van der Waals surface area contributed by atoms with E-state index in [9.17, 15) is 4.79 Å². The molecule has 2 heteroatoms. The number of rotatable bonds is 4. The molecule has 0 aliphatic rings. The monoisotopic (exact) mass is 158 g/mol. The van der Waals surface area contributed by atoms with Crippen LogP contribution in [0.4, 0.5) is 0 Å². The van der Waals surface area contributed by atoms with Gasteiger partial charge in [-0.1, -0.05) is 11.6 Å². The predicted octanol–water partition coefficient (Wildman–Crippen LogP) is 2.66. The van der Waals surface area contributed by atoms with Crippen LogP contribution in [-0.4, -0.2) is 5.24 Å². The van der Waals surface area contributed by atoms with E-state index in [1.165, 1.54) is 6.08 Å². The normalized spacial score (nSPS) is 10.2. The van der Waals surface area contributed by atoms with Gasteiger partial charge in [0.1, 0.15) is 0 Å². The van der Waals surface area contributed by atoms with E-state index in [2.05, 4.69) is 6.58 Å². The maximum absolute atomic E-state index is 10.1. The largest absolute Gasteiger partial charge is 0.276 e. The van der Waals surface area contributed by atoms with Crippen molar-refractivity contribution in [3.8, 4) is 0 Å². The van der Waals surface area contributed by atoms with Crippen molar-refractivity contribution in [1.82, 2.24) is 0 Å². The lowest BCUT2D eigenvalue weighted by atomic mass is 10.2. The van der Waals surface area contributed by atoms with Crippen molar-refractivity contribution in [2.24, 2.45) is 0 Å². The maximum atomic E-state index is 10.1. The number of carbonyl (C=O) groups is 1. The van der Waals surface area contributed by atoms with Gasteiger partial charge >= 0.3 is 0 Å². The van der Waals surface area contributed by atoms with Crippen molar-refractivity contribution in [2.75, 3.05) is 0 Å². The molecular weight excluding hydrogens is 148 g/mol. The van der Waals surface area contributed by atoms with Crippen LogP contribution in [0, 0.1) is 0 Å². The Balaban J connectivity index is 3.36. The molecular formula is C8H11ClO. The topological polar surface area (TPSA) is 17.1 Å². The zero-order valence-corrected chi connectivity index (χ0v) is 6.82. The van der Waals surface area contributed by atoms with Gasteiger partial charge in [0.05, 0.1) is 0 Å². The summed E-state index contributed by atoms with van der Waals surface area (Å²) in [4.78, 5) is 10.1. The second kappa shape index (κ2) is 5.24. The Bertz CT molecular complexity index is 159. The second-order valence-electron chi connectivity index (χ2n) is 2.20. The van der Waals surface area contributed by atoms with Gasteiger partial charge in [0.2, 0.25) is 5.24 Å². The maximum Gasteiger partial charge on any atom is 0.244 e. The fraction of sp³-hybridized carbons (Fsp3) is 0.375. The highest BCUT2D eigenvalue weighted by Gasteiger charge is 1.85. The number of hydrogen-bond donors (Lipinski definition) is 0. The fourth-order valence-electron chi connectivity index (χ4n) is 0.506. The van der Waals surface area contributed by atoms with Crippen molar-refractivity contribution in [2.45, 2.75) is 19.8 Å². The van der Waals surface area contributed by atoms with Crippen LogP contribution in [0.25, 0.3) is 0 Å². The Morgan fingerprint density at radius 1 is 1.70 bits per heavy atom. The lowest BCUT2D eigenvalue weighted by molar-refractivity contribution is -0.107. The minimum absolute atomic E-state index is 0.415. The SMILES string of the molecule is C=C(C)CC/C=C/C(=O)Cl. The number of hydrogen-bond acceptors (Lipinski definition) is 1. The molecule has 0 fully saturated rings. The Morgan fingerprint density at radius 3 is 2.70 bits per heavy atom. The van der Waals surface area contributed by atoms with E-state index < -0.39 is 5.24 Å². The molecule has 0 aromatic carbocycles. The van der Waals surface area contributed by atoms with Gasteiger partial charge in [0.15, 0.2) is 0 Å². The third-order valence-electron chi connectivity index (χ3n) is 0.987. The summed E-state index contributed by atoms with van der Waals surface area (Å²) in [5.74, 6) is 0. The van der Waals surface area contributed by atoms with Crippen LogP contribution in [0.1, 0.15) is 19.8 Å². The van der Waals surface area contributed by atoms with Crippen LogP contribution >= 0.6 is 11.6 Å². The minimum Gasteiger partial charge on any atom is -0.276 e. The smallest absolute Gasteiger partial charge is 0.244 e. The van der Waals surface area contributed by atoms with Crippen LogP contribution in [0.2, 0.25) is 0 Å². The summed E-state index contributed by atoms with van der Waals surface area (Å²) in [7, 11) is 0. The molecule has 0 saturated carbocycles. The lowest BCUT2D eigenvalue weighted by Gasteiger charge is -1.90. The standard InChI is InChI=1S/C8H11ClO/c1-7(2)5-3-4-6-8(9)10/h4,6H,1,3,5H2,2H3/b6-4+. The van der Waals surface area contributed by atoms with Crippen molar-refractivity contribution < 1.29 is 4.79 Å². The van der Waals surface area contributed by atoms with Crippen molar-refractivity contribution in [3.63, 3.8) is 0 Å². The molecule has 0 bridgehead atoms. The highest BCUT2D eigenvalue weighted by Crippen LogP contribution is 2.00. The summed E-state index contributed by atoms with van der Waals surface area (Å²) in [6.07, 6.45) is 4.88. The second-order valence-corrected chi connectivity index (χ2v) is 2.57. The van der Waals surface area contributed by atoms with E-state index >= 15 is 0 Å². The summed E-state index contributed by atoms with van der Waals surface area (Å²) in [6, 6.07) is 0. The van der Waals surface area contributed by atoms with E-state index in [1.807, 2.05) is 6.92 Å². The molecule has 0 heterocycles. The zero-order valence-electron chi connectivity index (χ0n) is 6.06. The van der Waals surface area contributed by atoms with Crippen LogP contribution in [0.5, 0.6) is 0 Å². The molecule has 0 radical (unpaired) electrons. The van der Waals surface area contributed by atoms with Crippen molar-refractivity contribution in [3.05, 3.63) is 24.3 Å². The van der Waals surface area contributed by atoms with Crippen LogP contribution in [0.15, 0.2) is 24.3 Å². The molecule has 0 aromatic rings. The van der Waals surface area contributed by atoms with Gasteiger partial charge in [-0.3, -0.25) is 4.79 Å². The first kappa shape index (κ1) is 9.44. The summed E-state index contributed by atoms with van der Waals surface area (Å²) in [6.45, 7) is 5.67. The van der Waals surface area contributed by atoms with E-state index in [0.29, 0.717) is 0 Å². The minimum atomic E-state index is -0.415. The quantitative estimate of drug-likeness (QED) is 0.349. The number of allylic oxidation sites excluding steroid dienone is 3. The zero-order chi connectivity index (χ0) is 7.98. The molecule has 56 valence electrons. The first-order chi connectivity index (χ1) is 4.63. The summed E-state index contributed by atoms with van der Waals surface area (Å²) in [5, 5.41) is -0.415. The van der Waals surface area contributed by atoms with Crippen molar-refractivity contribution in [1.29, 1.82) is 0 Å².